The second-order valence-corrected chi connectivity index (χ2v) is 6.70. The second-order valence-electron chi connectivity index (χ2n) is 6.70. The fourth-order valence-electron chi connectivity index (χ4n) is 4.21. The number of amides is 1. The Morgan fingerprint density at radius 2 is 2.04 bits per heavy atom. The summed E-state index contributed by atoms with van der Waals surface area (Å²) in [6, 6.07) is 5.82. The molecule has 2 N–H and O–H groups in total. The first-order valence-corrected chi connectivity index (χ1v) is 8.25. The number of carbonyl (C=O) groups excluding carboxylic acids is 1. The van der Waals surface area contributed by atoms with Crippen molar-refractivity contribution in [1.29, 1.82) is 0 Å². The van der Waals surface area contributed by atoms with E-state index >= 15 is 0 Å². The van der Waals surface area contributed by atoms with E-state index in [-0.39, 0.29) is 36.0 Å². The van der Waals surface area contributed by atoms with Crippen LogP contribution in [0.15, 0.2) is 30.5 Å². The smallest absolute Gasteiger partial charge is 0.273 e. The molecule has 1 aromatic heterocycles. The van der Waals surface area contributed by atoms with Crippen molar-refractivity contribution in [2.45, 2.75) is 25.3 Å². The first-order valence-electron chi connectivity index (χ1n) is 8.25. The summed E-state index contributed by atoms with van der Waals surface area (Å²) in [5, 5.41) is 20.5. The first-order chi connectivity index (χ1) is 11.7. The Kier molecular flexibility index (Phi) is 3.80. The van der Waals surface area contributed by atoms with Gasteiger partial charge in [0.15, 0.2) is 5.69 Å². The van der Waals surface area contributed by atoms with Crippen LogP contribution in [-0.2, 0) is 0 Å². The summed E-state index contributed by atoms with van der Waals surface area (Å²) < 4.78 is 14.4. The number of aromatic nitrogens is 3. The van der Waals surface area contributed by atoms with Gasteiger partial charge in [0.2, 0.25) is 0 Å². The van der Waals surface area contributed by atoms with Crippen molar-refractivity contribution in [2.75, 3.05) is 6.61 Å². The second kappa shape index (κ2) is 5.98. The molecule has 0 spiro atoms. The number of aliphatic hydroxyl groups is 1. The quantitative estimate of drug-likeness (QED) is 0.891. The number of halogens is 1. The van der Waals surface area contributed by atoms with Gasteiger partial charge in [0.25, 0.3) is 5.91 Å². The number of carbonyl (C=O) groups is 1. The molecule has 2 saturated carbocycles. The standard InChI is InChI=1S/C17H19FN4O2/c18-12-3-5-13(6-4-12)22-8-15(20-21-22)17(24)19-16-11-2-1-10(7-11)14(16)9-23/h3-6,8,10-11,14,16,23H,1-2,7,9H2,(H,19,24). The van der Waals surface area contributed by atoms with Crippen molar-refractivity contribution in [3.8, 4) is 5.69 Å². The van der Waals surface area contributed by atoms with Gasteiger partial charge in [-0.1, -0.05) is 5.21 Å². The molecule has 0 radical (unpaired) electrons. The van der Waals surface area contributed by atoms with Gasteiger partial charge < -0.3 is 10.4 Å². The Labute approximate surface area is 138 Å². The van der Waals surface area contributed by atoms with Crippen LogP contribution in [0.25, 0.3) is 5.69 Å². The fraction of sp³-hybridized carbons (Fsp3) is 0.471. The maximum absolute atomic E-state index is 13.0. The molecule has 1 aromatic carbocycles. The lowest BCUT2D eigenvalue weighted by molar-refractivity contribution is 0.0856. The molecule has 126 valence electrons. The molecule has 4 unspecified atom stereocenters. The third-order valence-electron chi connectivity index (χ3n) is 5.41. The monoisotopic (exact) mass is 330 g/mol. The molecule has 2 aliphatic carbocycles. The molecule has 4 rings (SSSR count). The maximum Gasteiger partial charge on any atom is 0.273 e. The number of hydrogen-bond acceptors (Lipinski definition) is 4. The Morgan fingerprint density at radius 1 is 1.29 bits per heavy atom. The number of fused-ring (bicyclic) bond motifs is 2. The molecule has 0 saturated heterocycles. The van der Waals surface area contributed by atoms with E-state index in [1.165, 1.54) is 23.0 Å². The molecule has 2 fully saturated rings. The summed E-state index contributed by atoms with van der Waals surface area (Å²) in [5.74, 6) is 0.491. The fourth-order valence-corrected chi connectivity index (χ4v) is 4.21. The summed E-state index contributed by atoms with van der Waals surface area (Å²) >= 11 is 0. The lowest BCUT2D eigenvalue weighted by Crippen LogP contribution is -2.45. The largest absolute Gasteiger partial charge is 0.396 e. The molecule has 2 bridgehead atoms. The summed E-state index contributed by atoms with van der Waals surface area (Å²) in [6.45, 7) is 0.106. The molecule has 6 nitrogen and oxygen atoms in total. The SMILES string of the molecule is O=C(NC1C2CCC(C2)C1CO)c1cn(-c2ccc(F)cc2)nn1. The molecular weight excluding hydrogens is 311 g/mol. The van der Waals surface area contributed by atoms with Crippen LogP contribution in [0, 0.1) is 23.6 Å². The van der Waals surface area contributed by atoms with Gasteiger partial charge >= 0.3 is 0 Å². The van der Waals surface area contributed by atoms with Crippen LogP contribution in [0.1, 0.15) is 29.8 Å². The summed E-state index contributed by atoms with van der Waals surface area (Å²) in [7, 11) is 0. The predicted octanol–water partition coefficient (Wildman–Crippen LogP) is 1.54. The van der Waals surface area contributed by atoms with E-state index in [1.54, 1.807) is 12.1 Å². The summed E-state index contributed by atoms with van der Waals surface area (Å²) in [6.07, 6.45) is 4.86. The van der Waals surface area contributed by atoms with Crippen molar-refractivity contribution in [1.82, 2.24) is 20.3 Å². The normalized spacial score (nSPS) is 28.2. The van der Waals surface area contributed by atoms with Gasteiger partial charge in [0, 0.05) is 18.6 Å². The molecule has 1 amide bonds. The zero-order valence-corrected chi connectivity index (χ0v) is 13.1. The van der Waals surface area contributed by atoms with Crippen LogP contribution in [-0.4, -0.2) is 38.7 Å². The third kappa shape index (κ3) is 2.58. The number of aliphatic hydroxyl groups excluding tert-OH is 1. The van der Waals surface area contributed by atoms with Gasteiger partial charge in [-0.2, -0.15) is 0 Å². The van der Waals surface area contributed by atoms with Gasteiger partial charge in [-0.3, -0.25) is 4.79 Å². The van der Waals surface area contributed by atoms with E-state index in [0.717, 1.165) is 19.3 Å². The Hall–Kier alpha value is -2.28. The highest BCUT2D eigenvalue weighted by molar-refractivity contribution is 5.92. The number of benzene rings is 1. The number of rotatable bonds is 4. The van der Waals surface area contributed by atoms with Crippen molar-refractivity contribution >= 4 is 5.91 Å². The Bertz CT molecular complexity index is 745. The first kappa shape index (κ1) is 15.3. The minimum atomic E-state index is -0.330. The summed E-state index contributed by atoms with van der Waals surface area (Å²) in [5.41, 5.74) is 0.856. The lowest BCUT2D eigenvalue weighted by atomic mass is 9.85. The van der Waals surface area contributed by atoms with Crippen LogP contribution in [0.2, 0.25) is 0 Å². The topological polar surface area (TPSA) is 80.0 Å². The highest BCUT2D eigenvalue weighted by atomic mass is 19.1. The highest BCUT2D eigenvalue weighted by Gasteiger charge is 2.47. The van der Waals surface area contributed by atoms with Gasteiger partial charge in [0.1, 0.15) is 5.82 Å². The van der Waals surface area contributed by atoms with E-state index in [0.29, 0.717) is 17.5 Å². The van der Waals surface area contributed by atoms with E-state index in [1.807, 2.05) is 0 Å². The van der Waals surface area contributed by atoms with E-state index < -0.39 is 0 Å². The molecule has 2 aliphatic rings. The van der Waals surface area contributed by atoms with E-state index in [9.17, 15) is 14.3 Å². The van der Waals surface area contributed by atoms with Crippen LogP contribution in [0.5, 0.6) is 0 Å². The van der Waals surface area contributed by atoms with E-state index in [4.69, 9.17) is 0 Å². The minimum Gasteiger partial charge on any atom is -0.396 e. The molecule has 7 heteroatoms. The summed E-state index contributed by atoms with van der Waals surface area (Å²) in [4.78, 5) is 12.5. The lowest BCUT2D eigenvalue weighted by Gasteiger charge is -2.30. The van der Waals surface area contributed by atoms with Crippen LogP contribution < -0.4 is 5.32 Å². The van der Waals surface area contributed by atoms with Crippen LogP contribution in [0.4, 0.5) is 4.39 Å². The molecule has 4 atom stereocenters. The van der Waals surface area contributed by atoms with Gasteiger partial charge in [0.05, 0.1) is 11.9 Å². The van der Waals surface area contributed by atoms with Crippen molar-refractivity contribution in [3.05, 3.63) is 42.0 Å². The van der Waals surface area contributed by atoms with Crippen molar-refractivity contribution < 1.29 is 14.3 Å². The average Bonchev–Trinajstić information content (AvgIpc) is 3.31. The molecule has 2 aromatic rings. The van der Waals surface area contributed by atoms with Gasteiger partial charge in [-0.25, -0.2) is 9.07 Å². The number of nitrogens with one attached hydrogen (secondary N) is 1. The number of nitrogens with zero attached hydrogens (tertiary/aromatic N) is 3. The van der Waals surface area contributed by atoms with Crippen LogP contribution >= 0.6 is 0 Å². The zero-order chi connectivity index (χ0) is 16.7. The van der Waals surface area contributed by atoms with Crippen molar-refractivity contribution in [3.63, 3.8) is 0 Å². The molecule has 0 aliphatic heterocycles. The van der Waals surface area contributed by atoms with Crippen molar-refractivity contribution in [2.24, 2.45) is 17.8 Å². The predicted molar refractivity (Wildman–Crippen MR) is 84.0 cm³/mol. The third-order valence-corrected chi connectivity index (χ3v) is 5.41. The Balaban J connectivity index is 1.48. The Morgan fingerprint density at radius 3 is 2.79 bits per heavy atom. The average molecular weight is 330 g/mol. The maximum atomic E-state index is 13.0. The highest BCUT2D eigenvalue weighted by Crippen LogP contribution is 2.48. The van der Waals surface area contributed by atoms with E-state index in [2.05, 4.69) is 15.6 Å². The zero-order valence-electron chi connectivity index (χ0n) is 13.1. The minimum absolute atomic E-state index is 0.0113. The van der Waals surface area contributed by atoms with Gasteiger partial charge in [-0.15, -0.1) is 5.10 Å². The molecule has 1 heterocycles. The number of hydrogen-bond donors (Lipinski definition) is 2. The molecule has 24 heavy (non-hydrogen) atoms. The van der Waals surface area contributed by atoms with Crippen LogP contribution in [0.3, 0.4) is 0 Å². The van der Waals surface area contributed by atoms with Gasteiger partial charge in [-0.05, 0) is 55.4 Å². The molecular formula is C17H19FN4O2.